The molecule has 0 amide bonds. The first kappa shape index (κ1) is 14.6. The molecule has 3 heteroatoms. The molecule has 4 atom stereocenters. The van der Waals surface area contributed by atoms with E-state index < -0.39 is 5.97 Å². The molecule has 0 radical (unpaired) electrons. The van der Waals surface area contributed by atoms with Crippen LogP contribution in [0.1, 0.15) is 56.7 Å². The monoisotopic (exact) mass is 287 g/mol. The Hall–Kier alpha value is -1.38. The van der Waals surface area contributed by atoms with Crippen LogP contribution in [-0.4, -0.2) is 16.1 Å². The molecule has 114 valence electrons. The van der Waals surface area contributed by atoms with Gasteiger partial charge in [-0.15, -0.1) is 0 Å². The zero-order valence-electron chi connectivity index (χ0n) is 13.0. The standard InChI is InChI=1S/C18H25NO2/c1-11(2)13-6-8-15(18(20)21)16(10-13)14-7-5-12-4-3-9-19-17(12)14/h3-4,9,11,13-16H,5-8,10H2,1-2H3,(H,20,21). The van der Waals surface area contributed by atoms with Crippen molar-refractivity contribution in [2.45, 2.75) is 51.9 Å². The lowest BCUT2D eigenvalue weighted by Gasteiger charge is -2.39. The second-order valence-corrected chi connectivity index (χ2v) is 7.12. The molecule has 3 nitrogen and oxygen atoms in total. The van der Waals surface area contributed by atoms with Gasteiger partial charge in [0.05, 0.1) is 5.92 Å². The molecule has 0 saturated heterocycles. The number of aliphatic carboxylic acids is 1. The highest BCUT2D eigenvalue weighted by Crippen LogP contribution is 2.48. The molecule has 0 aliphatic heterocycles. The highest BCUT2D eigenvalue weighted by atomic mass is 16.4. The van der Waals surface area contributed by atoms with Gasteiger partial charge < -0.3 is 5.11 Å². The number of fused-ring (bicyclic) bond motifs is 1. The topological polar surface area (TPSA) is 50.2 Å². The van der Waals surface area contributed by atoms with E-state index >= 15 is 0 Å². The molecule has 4 unspecified atom stereocenters. The van der Waals surface area contributed by atoms with Crippen LogP contribution in [0.15, 0.2) is 18.3 Å². The van der Waals surface area contributed by atoms with Crippen molar-refractivity contribution in [1.29, 1.82) is 0 Å². The summed E-state index contributed by atoms with van der Waals surface area (Å²) < 4.78 is 0. The first-order valence-electron chi connectivity index (χ1n) is 8.24. The fraction of sp³-hybridized carbons (Fsp3) is 0.667. The van der Waals surface area contributed by atoms with Crippen LogP contribution < -0.4 is 0 Å². The highest BCUT2D eigenvalue weighted by molar-refractivity contribution is 5.70. The van der Waals surface area contributed by atoms with E-state index in [1.54, 1.807) is 0 Å². The summed E-state index contributed by atoms with van der Waals surface area (Å²) in [7, 11) is 0. The van der Waals surface area contributed by atoms with Crippen LogP contribution in [0.4, 0.5) is 0 Å². The molecule has 1 aromatic rings. The lowest BCUT2D eigenvalue weighted by Crippen LogP contribution is -2.35. The number of hydrogen-bond donors (Lipinski definition) is 1. The van der Waals surface area contributed by atoms with Crippen molar-refractivity contribution in [1.82, 2.24) is 4.98 Å². The second-order valence-electron chi connectivity index (χ2n) is 7.12. The van der Waals surface area contributed by atoms with Crippen LogP contribution >= 0.6 is 0 Å². The number of carboxylic acids is 1. The molecule has 1 aromatic heterocycles. The second kappa shape index (κ2) is 5.78. The number of aromatic nitrogens is 1. The lowest BCUT2D eigenvalue weighted by atomic mass is 9.65. The number of carboxylic acid groups (broad SMARTS) is 1. The average Bonchev–Trinajstić information content (AvgIpc) is 2.90. The molecule has 1 fully saturated rings. The number of carbonyl (C=O) groups is 1. The van der Waals surface area contributed by atoms with Gasteiger partial charge in [0.25, 0.3) is 0 Å². The Morgan fingerprint density at radius 2 is 2.14 bits per heavy atom. The van der Waals surface area contributed by atoms with Crippen LogP contribution in [0, 0.1) is 23.7 Å². The molecule has 3 rings (SSSR count). The summed E-state index contributed by atoms with van der Waals surface area (Å²) in [4.78, 5) is 16.3. The van der Waals surface area contributed by atoms with Crippen LogP contribution in [-0.2, 0) is 11.2 Å². The zero-order chi connectivity index (χ0) is 15.0. The summed E-state index contributed by atoms with van der Waals surface area (Å²) >= 11 is 0. The minimum Gasteiger partial charge on any atom is -0.481 e. The van der Waals surface area contributed by atoms with E-state index in [0.29, 0.717) is 17.8 Å². The van der Waals surface area contributed by atoms with Crippen molar-refractivity contribution >= 4 is 5.97 Å². The van der Waals surface area contributed by atoms with Crippen molar-refractivity contribution in [2.75, 3.05) is 0 Å². The molecule has 21 heavy (non-hydrogen) atoms. The van der Waals surface area contributed by atoms with Gasteiger partial charge in [-0.05, 0) is 61.5 Å². The first-order chi connectivity index (χ1) is 10.1. The van der Waals surface area contributed by atoms with Crippen LogP contribution in [0.2, 0.25) is 0 Å². The fourth-order valence-corrected chi connectivity index (χ4v) is 4.46. The number of hydrogen-bond acceptors (Lipinski definition) is 2. The Morgan fingerprint density at radius 3 is 2.86 bits per heavy atom. The Kier molecular flexibility index (Phi) is 4.01. The van der Waals surface area contributed by atoms with E-state index in [1.165, 1.54) is 11.3 Å². The van der Waals surface area contributed by atoms with Crippen molar-refractivity contribution < 1.29 is 9.90 Å². The minimum absolute atomic E-state index is 0.182. The predicted octanol–water partition coefficient (Wildman–Crippen LogP) is 3.88. The van der Waals surface area contributed by atoms with E-state index in [0.717, 1.165) is 32.1 Å². The summed E-state index contributed by atoms with van der Waals surface area (Å²) in [5.41, 5.74) is 2.51. The van der Waals surface area contributed by atoms with Gasteiger partial charge in [0.15, 0.2) is 0 Å². The molecular formula is C18H25NO2. The van der Waals surface area contributed by atoms with Crippen LogP contribution in [0.25, 0.3) is 0 Å². The highest BCUT2D eigenvalue weighted by Gasteiger charge is 2.42. The lowest BCUT2D eigenvalue weighted by molar-refractivity contribution is -0.146. The Balaban J connectivity index is 1.88. The molecular weight excluding hydrogens is 262 g/mol. The summed E-state index contributed by atoms with van der Waals surface area (Å²) in [6, 6.07) is 4.15. The fourth-order valence-electron chi connectivity index (χ4n) is 4.46. The van der Waals surface area contributed by atoms with Gasteiger partial charge in [-0.1, -0.05) is 19.9 Å². The van der Waals surface area contributed by atoms with Crippen molar-refractivity contribution in [3.63, 3.8) is 0 Å². The third-order valence-corrected chi connectivity index (χ3v) is 5.72. The van der Waals surface area contributed by atoms with Crippen molar-refractivity contribution in [3.05, 3.63) is 29.6 Å². The normalized spacial score (nSPS) is 32.1. The quantitative estimate of drug-likeness (QED) is 0.917. The molecule has 1 N–H and O–H groups in total. The van der Waals surface area contributed by atoms with Gasteiger partial charge in [0.1, 0.15) is 0 Å². The Labute approximate surface area is 126 Å². The minimum atomic E-state index is -0.605. The van der Waals surface area contributed by atoms with Crippen LogP contribution in [0.3, 0.4) is 0 Å². The summed E-state index contributed by atoms with van der Waals surface area (Å²) in [5, 5.41) is 9.62. The van der Waals surface area contributed by atoms with Gasteiger partial charge in [0.2, 0.25) is 0 Å². The Morgan fingerprint density at radius 1 is 1.33 bits per heavy atom. The van der Waals surface area contributed by atoms with Gasteiger partial charge in [0, 0.05) is 17.8 Å². The first-order valence-corrected chi connectivity index (χ1v) is 8.24. The number of rotatable bonds is 3. The van der Waals surface area contributed by atoms with Crippen LogP contribution in [0.5, 0.6) is 0 Å². The summed E-state index contributed by atoms with van der Waals surface area (Å²) in [6.45, 7) is 4.54. The predicted molar refractivity (Wildman–Crippen MR) is 82.1 cm³/mol. The van der Waals surface area contributed by atoms with Gasteiger partial charge >= 0.3 is 5.97 Å². The summed E-state index contributed by atoms with van der Waals surface area (Å²) in [6.07, 6.45) is 6.94. The van der Waals surface area contributed by atoms with E-state index in [1.807, 2.05) is 12.3 Å². The van der Waals surface area contributed by atoms with E-state index in [9.17, 15) is 9.90 Å². The van der Waals surface area contributed by atoms with E-state index in [2.05, 4.69) is 24.9 Å². The molecule has 0 aromatic carbocycles. The molecule has 1 heterocycles. The van der Waals surface area contributed by atoms with Gasteiger partial charge in [-0.2, -0.15) is 0 Å². The zero-order valence-corrected chi connectivity index (χ0v) is 13.0. The number of nitrogens with zero attached hydrogens (tertiary/aromatic N) is 1. The molecule has 1 saturated carbocycles. The largest absolute Gasteiger partial charge is 0.481 e. The van der Waals surface area contributed by atoms with Gasteiger partial charge in [-0.25, -0.2) is 0 Å². The maximum absolute atomic E-state index is 11.7. The van der Waals surface area contributed by atoms with Gasteiger partial charge in [-0.3, -0.25) is 9.78 Å². The number of pyridine rings is 1. The third-order valence-electron chi connectivity index (χ3n) is 5.72. The van der Waals surface area contributed by atoms with Crippen molar-refractivity contribution in [2.24, 2.45) is 23.7 Å². The SMILES string of the molecule is CC(C)C1CCC(C(=O)O)C(C2CCc3cccnc32)C1. The van der Waals surface area contributed by atoms with Crippen molar-refractivity contribution in [3.8, 4) is 0 Å². The summed E-state index contributed by atoms with van der Waals surface area (Å²) in [5.74, 6) is 1.14. The Bertz CT molecular complexity index is 526. The van der Waals surface area contributed by atoms with E-state index in [4.69, 9.17) is 0 Å². The molecule has 0 spiro atoms. The molecule has 2 aliphatic carbocycles. The molecule has 2 aliphatic rings. The third kappa shape index (κ3) is 2.70. The molecule has 0 bridgehead atoms. The van der Waals surface area contributed by atoms with E-state index in [-0.39, 0.29) is 11.8 Å². The maximum atomic E-state index is 11.7. The average molecular weight is 287 g/mol. The smallest absolute Gasteiger partial charge is 0.306 e. The number of aryl methyl sites for hydroxylation is 1. The maximum Gasteiger partial charge on any atom is 0.306 e.